The van der Waals surface area contributed by atoms with E-state index < -0.39 is 10.0 Å². The van der Waals surface area contributed by atoms with Crippen molar-refractivity contribution in [2.24, 2.45) is 0 Å². The van der Waals surface area contributed by atoms with Crippen LogP contribution in [0.25, 0.3) is 0 Å². The lowest BCUT2D eigenvalue weighted by molar-refractivity contribution is -0.366. The highest BCUT2D eigenvalue weighted by atomic mass is 32.2. The summed E-state index contributed by atoms with van der Waals surface area (Å²) in [6, 6.07) is 6.96. The van der Waals surface area contributed by atoms with Gasteiger partial charge in [-0.2, -0.15) is 8.42 Å². The van der Waals surface area contributed by atoms with Crippen molar-refractivity contribution >= 4 is 16.7 Å². The fraction of sp³-hybridized carbons (Fsp3) is 0.125. The second-order valence-corrected chi connectivity index (χ2v) is 4.63. The van der Waals surface area contributed by atoms with Crippen LogP contribution in [0.2, 0.25) is 0 Å². The standard InChI is InChI=1S/C8H8NO2S/c1-9-6-7-4-2-3-5-8(7)12(9,10)11/h2-5H,1,6H2/q+1. The Morgan fingerprint density at radius 3 is 2.67 bits per heavy atom. The fourth-order valence-electron chi connectivity index (χ4n) is 1.30. The Morgan fingerprint density at radius 2 is 2.00 bits per heavy atom. The van der Waals surface area contributed by atoms with Gasteiger partial charge in [0, 0.05) is 5.56 Å². The lowest BCUT2D eigenvalue weighted by atomic mass is 10.2. The minimum atomic E-state index is -3.26. The minimum Gasteiger partial charge on any atom is -0.158 e. The van der Waals surface area contributed by atoms with E-state index in [-0.39, 0.29) is 0 Å². The van der Waals surface area contributed by atoms with Crippen LogP contribution >= 0.6 is 0 Å². The predicted octanol–water partition coefficient (Wildman–Crippen LogP) is 0.602. The smallest absolute Gasteiger partial charge is 0.158 e. The first-order valence-electron chi connectivity index (χ1n) is 3.53. The number of hydrogen-bond donors (Lipinski definition) is 0. The van der Waals surface area contributed by atoms with Crippen molar-refractivity contribution in [2.75, 3.05) is 0 Å². The quantitative estimate of drug-likeness (QED) is 0.551. The molecule has 0 radical (unpaired) electrons. The zero-order valence-electron chi connectivity index (χ0n) is 6.40. The summed E-state index contributed by atoms with van der Waals surface area (Å²) in [5, 5.41) is 0. The SMILES string of the molecule is C=[N+]1Cc2ccccc2S1(=O)=O. The summed E-state index contributed by atoms with van der Waals surface area (Å²) >= 11 is 0. The van der Waals surface area contributed by atoms with Gasteiger partial charge in [0.2, 0.25) is 0 Å². The first-order valence-corrected chi connectivity index (χ1v) is 4.97. The Hall–Kier alpha value is -1.16. The van der Waals surface area contributed by atoms with Crippen molar-refractivity contribution in [3.63, 3.8) is 0 Å². The molecule has 0 N–H and O–H groups in total. The molecule has 0 atom stereocenters. The number of sulfonamides is 1. The maximum Gasteiger partial charge on any atom is 0.395 e. The molecule has 0 saturated carbocycles. The topological polar surface area (TPSA) is 37.1 Å². The van der Waals surface area contributed by atoms with Gasteiger partial charge in [0.15, 0.2) is 6.54 Å². The highest BCUT2D eigenvalue weighted by Gasteiger charge is 2.36. The number of hydrogen-bond acceptors (Lipinski definition) is 2. The van der Waals surface area contributed by atoms with Crippen LogP contribution in [0.15, 0.2) is 29.2 Å². The molecule has 1 aliphatic heterocycles. The molecule has 0 spiro atoms. The molecule has 1 aromatic rings. The average Bonchev–Trinajstić information content (AvgIpc) is 2.25. The normalized spacial score (nSPS) is 19.2. The molecule has 12 heavy (non-hydrogen) atoms. The minimum absolute atomic E-state index is 0.387. The summed E-state index contributed by atoms with van der Waals surface area (Å²) in [5.41, 5.74) is 0.826. The Labute approximate surface area is 71.0 Å². The molecule has 0 aliphatic carbocycles. The van der Waals surface area contributed by atoms with Crippen LogP contribution in [0, 0.1) is 0 Å². The first-order chi connectivity index (χ1) is 5.62. The molecular formula is C8H8NO2S+. The molecule has 4 heteroatoms. The Balaban J connectivity index is 2.80. The van der Waals surface area contributed by atoms with Crippen molar-refractivity contribution in [1.29, 1.82) is 0 Å². The van der Waals surface area contributed by atoms with E-state index in [9.17, 15) is 8.42 Å². The largest absolute Gasteiger partial charge is 0.395 e. The number of fused-ring (bicyclic) bond motifs is 1. The van der Waals surface area contributed by atoms with E-state index in [1.54, 1.807) is 18.2 Å². The summed E-state index contributed by atoms with van der Waals surface area (Å²) in [5.74, 6) is 0. The summed E-state index contributed by atoms with van der Waals surface area (Å²) in [6.07, 6.45) is 0. The third kappa shape index (κ3) is 0.814. The van der Waals surface area contributed by atoms with E-state index >= 15 is 0 Å². The molecule has 1 heterocycles. The Bertz CT molecular complexity index is 448. The molecule has 0 unspecified atom stereocenters. The molecule has 3 nitrogen and oxygen atoms in total. The third-order valence-electron chi connectivity index (χ3n) is 1.94. The van der Waals surface area contributed by atoms with Gasteiger partial charge >= 0.3 is 10.0 Å². The molecule has 0 amide bonds. The number of nitrogens with zero attached hydrogens (tertiary/aromatic N) is 1. The molecule has 62 valence electrons. The van der Waals surface area contributed by atoms with Crippen LogP contribution in [-0.2, 0) is 16.6 Å². The molecule has 0 bridgehead atoms. The van der Waals surface area contributed by atoms with E-state index in [4.69, 9.17) is 0 Å². The summed E-state index contributed by atoms with van der Waals surface area (Å²) in [7, 11) is -3.26. The third-order valence-corrected chi connectivity index (χ3v) is 3.70. The van der Waals surface area contributed by atoms with Crippen LogP contribution < -0.4 is 0 Å². The molecule has 2 rings (SSSR count). The van der Waals surface area contributed by atoms with Gasteiger partial charge in [-0.1, -0.05) is 18.2 Å². The van der Waals surface area contributed by atoms with E-state index in [1.165, 1.54) is 0 Å². The average molecular weight is 182 g/mol. The molecular weight excluding hydrogens is 174 g/mol. The van der Waals surface area contributed by atoms with Gasteiger partial charge < -0.3 is 0 Å². The van der Waals surface area contributed by atoms with Crippen LogP contribution in [0.4, 0.5) is 0 Å². The molecule has 1 aromatic carbocycles. The van der Waals surface area contributed by atoms with Crippen LogP contribution in [0.5, 0.6) is 0 Å². The van der Waals surface area contributed by atoms with Crippen molar-refractivity contribution in [3.8, 4) is 0 Å². The monoisotopic (exact) mass is 182 g/mol. The number of benzene rings is 1. The van der Waals surface area contributed by atoms with E-state index in [1.807, 2.05) is 6.07 Å². The highest BCUT2D eigenvalue weighted by Crippen LogP contribution is 2.25. The van der Waals surface area contributed by atoms with Gasteiger partial charge in [-0.15, -0.1) is 3.98 Å². The lowest BCUT2D eigenvalue weighted by Crippen LogP contribution is -2.10. The van der Waals surface area contributed by atoms with Gasteiger partial charge in [0.05, 0.1) is 0 Å². The van der Waals surface area contributed by atoms with E-state index in [0.29, 0.717) is 11.4 Å². The molecule has 1 aliphatic rings. The maximum atomic E-state index is 11.4. The molecule has 0 fully saturated rings. The van der Waals surface area contributed by atoms with Gasteiger partial charge in [-0.25, -0.2) is 0 Å². The van der Waals surface area contributed by atoms with Gasteiger partial charge in [-0.3, -0.25) is 0 Å². The van der Waals surface area contributed by atoms with Crippen LogP contribution in [-0.4, -0.2) is 19.1 Å². The van der Waals surface area contributed by atoms with Crippen LogP contribution in [0.1, 0.15) is 5.56 Å². The zero-order chi connectivity index (χ0) is 8.77. The maximum absolute atomic E-state index is 11.4. The van der Waals surface area contributed by atoms with E-state index in [0.717, 1.165) is 9.54 Å². The van der Waals surface area contributed by atoms with E-state index in [2.05, 4.69) is 6.72 Å². The van der Waals surface area contributed by atoms with Gasteiger partial charge in [0.1, 0.15) is 11.6 Å². The van der Waals surface area contributed by atoms with Crippen molar-refractivity contribution in [1.82, 2.24) is 0 Å². The van der Waals surface area contributed by atoms with Crippen molar-refractivity contribution in [2.45, 2.75) is 11.4 Å². The molecule has 0 aromatic heterocycles. The second-order valence-electron chi connectivity index (χ2n) is 2.72. The number of rotatable bonds is 0. The lowest BCUT2D eigenvalue weighted by Gasteiger charge is -1.88. The Morgan fingerprint density at radius 1 is 1.33 bits per heavy atom. The fourth-order valence-corrected chi connectivity index (χ4v) is 2.60. The predicted molar refractivity (Wildman–Crippen MR) is 44.7 cm³/mol. The Kier molecular flexibility index (Phi) is 1.35. The summed E-state index contributed by atoms with van der Waals surface area (Å²) < 4.78 is 24.0. The summed E-state index contributed by atoms with van der Waals surface area (Å²) in [6.45, 7) is 3.84. The van der Waals surface area contributed by atoms with Crippen LogP contribution in [0.3, 0.4) is 0 Å². The van der Waals surface area contributed by atoms with Gasteiger partial charge in [-0.05, 0) is 6.07 Å². The zero-order valence-corrected chi connectivity index (χ0v) is 7.21. The summed E-state index contributed by atoms with van der Waals surface area (Å²) in [4.78, 5) is 0.389. The second kappa shape index (κ2) is 2.17. The highest BCUT2D eigenvalue weighted by molar-refractivity contribution is 7.85. The van der Waals surface area contributed by atoms with Crippen molar-refractivity contribution in [3.05, 3.63) is 29.8 Å². The van der Waals surface area contributed by atoms with Crippen molar-refractivity contribution < 1.29 is 12.4 Å². The molecule has 0 saturated heterocycles. The van der Waals surface area contributed by atoms with Gasteiger partial charge in [0.25, 0.3) is 0 Å². The first kappa shape index (κ1) is 7.49.